The Labute approximate surface area is 311 Å². The van der Waals surface area contributed by atoms with Gasteiger partial charge in [-0.25, -0.2) is 14.0 Å². The summed E-state index contributed by atoms with van der Waals surface area (Å²) in [6.07, 6.45) is 4.96. The molecule has 4 atom stereocenters. The minimum atomic E-state index is -4.32. The lowest BCUT2D eigenvalue weighted by atomic mass is 9.82. The van der Waals surface area contributed by atoms with Crippen molar-refractivity contribution in [2.24, 2.45) is 11.3 Å². The van der Waals surface area contributed by atoms with Crippen molar-refractivity contribution in [3.63, 3.8) is 0 Å². The van der Waals surface area contributed by atoms with E-state index in [-0.39, 0.29) is 36.9 Å². The summed E-state index contributed by atoms with van der Waals surface area (Å²) in [6.45, 7) is 16.4. The number of halogens is 1. The van der Waals surface area contributed by atoms with E-state index < -0.39 is 57.2 Å². The van der Waals surface area contributed by atoms with Gasteiger partial charge in [0.25, 0.3) is 0 Å². The van der Waals surface area contributed by atoms with Crippen LogP contribution in [-0.2, 0) is 46.3 Å². The molecule has 0 radical (unpaired) electrons. The Morgan fingerprint density at radius 3 is 1.88 bits per heavy atom. The maximum Gasteiger partial charge on any atom is 0.587 e. The van der Waals surface area contributed by atoms with Gasteiger partial charge in [0.15, 0.2) is 0 Å². The number of nitrogens with one attached hydrogen (secondary N) is 1. The molecule has 0 saturated heterocycles. The van der Waals surface area contributed by atoms with Crippen LogP contribution >= 0.6 is 27.4 Å². The van der Waals surface area contributed by atoms with Crippen LogP contribution in [0.5, 0.6) is 11.5 Å². The van der Waals surface area contributed by atoms with Gasteiger partial charge in [0.2, 0.25) is 0 Å². The molecule has 2 aromatic carbocycles. The summed E-state index contributed by atoms with van der Waals surface area (Å²) in [5.41, 5.74) is -1.72. The normalized spacial score (nSPS) is 15.8. The van der Waals surface area contributed by atoms with Crippen molar-refractivity contribution < 1.29 is 55.3 Å². The van der Waals surface area contributed by atoms with E-state index in [1.807, 2.05) is 13.8 Å². The van der Waals surface area contributed by atoms with Crippen molar-refractivity contribution in [1.29, 1.82) is 0 Å². The van der Waals surface area contributed by atoms with Gasteiger partial charge in [0.05, 0.1) is 25.7 Å². The Balaban J connectivity index is 1.98. The molecule has 13 nitrogen and oxygen atoms in total. The first kappa shape index (κ1) is 44.6. The van der Waals surface area contributed by atoms with E-state index in [4.69, 9.17) is 48.4 Å². The van der Waals surface area contributed by atoms with Gasteiger partial charge in [-0.1, -0.05) is 62.9 Å². The van der Waals surface area contributed by atoms with Crippen LogP contribution in [0.15, 0.2) is 97.0 Å². The Bertz CT molecular complexity index is 1620. The zero-order chi connectivity index (χ0) is 39.0. The van der Waals surface area contributed by atoms with E-state index in [0.717, 1.165) is 0 Å². The van der Waals surface area contributed by atoms with E-state index in [2.05, 4.69) is 11.4 Å². The summed E-state index contributed by atoms with van der Waals surface area (Å²) in [6, 6.07) is 15.3. The fraction of sp³-hybridized carbons (Fsp3) is 0.444. The molecule has 52 heavy (non-hydrogen) atoms. The highest BCUT2D eigenvalue weighted by Crippen LogP contribution is 2.52. The number of benzene rings is 2. The molecular weight excluding hydrogens is 736 g/mol. The second-order valence-electron chi connectivity index (χ2n) is 13.0. The van der Waals surface area contributed by atoms with Crippen LogP contribution in [0.1, 0.15) is 61.8 Å². The zero-order valence-corrected chi connectivity index (χ0v) is 33.4. The van der Waals surface area contributed by atoms with Crippen molar-refractivity contribution in [1.82, 2.24) is 4.84 Å². The number of para-hydroxylation sites is 2. The van der Waals surface area contributed by atoms with Crippen molar-refractivity contribution >= 4 is 39.4 Å². The van der Waals surface area contributed by atoms with E-state index >= 15 is 0 Å². The molecule has 2 aromatic rings. The molecule has 0 aromatic heterocycles. The number of hydrogen-bond acceptors (Lipinski definition) is 13. The Kier molecular flexibility index (Phi) is 17.7. The number of rotatable bonds is 23. The molecule has 0 amide bonds. The average molecular weight is 786 g/mol. The summed E-state index contributed by atoms with van der Waals surface area (Å²) in [4.78, 5) is 28.4. The fourth-order valence-corrected chi connectivity index (χ4v) is 7.25. The van der Waals surface area contributed by atoms with Gasteiger partial charge in [0.1, 0.15) is 34.7 Å². The monoisotopic (exact) mass is 785 g/mol. The van der Waals surface area contributed by atoms with Gasteiger partial charge in [0, 0.05) is 5.41 Å². The highest BCUT2D eigenvalue weighted by molar-refractivity contribution is 7.49. The third-order valence-electron chi connectivity index (χ3n) is 6.75. The summed E-state index contributed by atoms with van der Waals surface area (Å²) >= 11 is 5.84. The topological polar surface area (TPSA) is 154 Å². The first-order valence-corrected chi connectivity index (χ1v) is 19.7. The fourth-order valence-electron chi connectivity index (χ4n) is 4.51. The quantitative estimate of drug-likeness (QED) is 0.0374. The van der Waals surface area contributed by atoms with Gasteiger partial charge in [-0.15, -0.1) is 0 Å². The minimum absolute atomic E-state index is 0.0114. The van der Waals surface area contributed by atoms with Gasteiger partial charge in [-0.2, -0.15) is 0 Å². The lowest BCUT2D eigenvalue weighted by Crippen LogP contribution is -2.41. The van der Waals surface area contributed by atoms with Crippen molar-refractivity contribution in [3.05, 3.63) is 97.0 Å². The van der Waals surface area contributed by atoms with Crippen LogP contribution in [0.4, 0.5) is 0 Å². The molecule has 2 rings (SSSR count). The van der Waals surface area contributed by atoms with Crippen LogP contribution in [0, 0.1) is 11.3 Å². The van der Waals surface area contributed by atoms with Crippen LogP contribution in [0.25, 0.3) is 0 Å². The van der Waals surface area contributed by atoms with Crippen molar-refractivity contribution in [2.75, 3.05) is 19.8 Å². The van der Waals surface area contributed by atoms with Crippen LogP contribution in [0.3, 0.4) is 0 Å². The lowest BCUT2D eigenvalue weighted by molar-refractivity contribution is -0.167. The van der Waals surface area contributed by atoms with E-state index in [0.29, 0.717) is 5.76 Å². The summed E-state index contributed by atoms with van der Waals surface area (Å²) < 4.78 is 71.1. The first-order chi connectivity index (χ1) is 24.3. The van der Waals surface area contributed by atoms with E-state index in [1.165, 1.54) is 6.08 Å². The highest BCUT2D eigenvalue weighted by atomic mass is 35.5. The van der Waals surface area contributed by atoms with E-state index in [9.17, 15) is 18.7 Å². The smallest absolute Gasteiger partial charge is 0.464 e. The Hall–Kier alpha value is -3.57. The minimum Gasteiger partial charge on any atom is -0.464 e. The molecule has 0 aliphatic carbocycles. The predicted molar refractivity (Wildman–Crippen MR) is 198 cm³/mol. The molecule has 0 aliphatic heterocycles. The molecule has 1 N–H and O–H groups in total. The molecular formula is C36H50ClNO12P2. The third kappa shape index (κ3) is 16.4. The molecule has 0 aliphatic rings. The second-order valence-corrected chi connectivity index (χ2v) is 16.3. The number of hydrogen-bond donors (Lipinski definition) is 1. The van der Waals surface area contributed by atoms with Gasteiger partial charge < -0.3 is 27.6 Å². The van der Waals surface area contributed by atoms with Crippen LogP contribution in [0.2, 0.25) is 0 Å². The molecule has 4 unspecified atom stereocenters. The number of esters is 2. The molecule has 288 valence electrons. The molecule has 0 saturated carbocycles. The lowest BCUT2D eigenvalue weighted by Gasteiger charge is -2.35. The summed E-state index contributed by atoms with van der Waals surface area (Å²) in [5, 5.41) is 0. The van der Waals surface area contributed by atoms with Crippen LogP contribution < -0.4 is 13.9 Å². The predicted octanol–water partition coefficient (Wildman–Crippen LogP) is 9.47. The number of phosphoric ester groups is 2. The Morgan fingerprint density at radius 1 is 0.865 bits per heavy atom. The molecule has 0 bridgehead atoms. The van der Waals surface area contributed by atoms with Crippen LogP contribution in [-0.4, -0.2) is 43.4 Å². The number of carbonyl (C=O) groups excluding carboxylic acids is 2. The van der Waals surface area contributed by atoms with Gasteiger partial charge in [-0.05, 0) is 96.2 Å². The second kappa shape index (κ2) is 20.6. The number of phosphoric acid groups is 2. The maximum absolute atomic E-state index is 13.5. The number of carbonyl (C=O) groups is 2. The van der Waals surface area contributed by atoms with Crippen molar-refractivity contribution in [2.45, 2.75) is 73.5 Å². The van der Waals surface area contributed by atoms with E-state index in [1.54, 1.807) is 114 Å². The standard InChI is InChI=1S/C36H50ClNO12P2/c1-10-18-29(5)48-52(42,50-31-21-16-13-17-22-31)45-24-32(38-37)34(40)43-26-35(6,7)25-36(8,9)46-33(39)27(3)23-44-51(41,47-28(4)11-2)49-30-19-14-12-15-20-30/h10-22,27,32,38H,5,23-26H2,1-4,6-9H3/b18-10-,28-11+. The summed E-state index contributed by atoms with van der Waals surface area (Å²) in [5.74, 6) is -1.47. The van der Waals surface area contributed by atoms with Gasteiger partial charge in [-0.3, -0.25) is 18.6 Å². The molecule has 16 heteroatoms. The number of ether oxygens (including phenoxy) is 2. The van der Waals surface area contributed by atoms with Gasteiger partial charge >= 0.3 is 27.6 Å². The number of allylic oxidation sites excluding steroid dienone is 4. The molecule has 0 heterocycles. The average Bonchev–Trinajstić information content (AvgIpc) is 3.06. The van der Waals surface area contributed by atoms with Crippen molar-refractivity contribution in [3.8, 4) is 11.5 Å². The largest absolute Gasteiger partial charge is 0.587 e. The highest BCUT2D eigenvalue weighted by Gasteiger charge is 2.38. The third-order valence-corrected chi connectivity index (χ3v) is 9.78. The molecule has 0 fully saturated rings. The Morgan fingerprint density at radius 2 is 1.38 bits per heavy atom. The zero-order valence-electron chi connectivity index (χ0n) is 30.9. The molecule has 0 spiro atoms. The first-order valence-electron chi connectivity index (χ1n) is 16.4. The SMILES string of the molecule is C=C(/C=C\C)OP(=O)(OCC(NCl)C(=O)OCC(C)(C)CC(C)(C)OC(=O)C(C)COP(=O)(O/C(C)=C/C)Oc1ccccc1)Oc1ccccc1. The maximum atomic E-state index is 13.5. The summed E-state index contributed by atoms with van der Waals surface area (Å²) in [7, 11) is -8.47.